The Labute approximate surface area is 264 Å². The molecule has 0 saturated carbocycles. The van der Waals surface area contributed by atoms with Gasteiger partial charge in [0.15, 0.2) is 28.8 Å². The second-order valence-electron chi connectivity index (χ2n) is 10.3. The van der Waals surface area contributed by atoms with E-state index in [0.29, 0.717) is 81.0 Å². The minimum absolute atomic E-state index is 0.331. The molecule has 0 radical (unpaired) electrons. The van der Waals surface area contributed by atoms with Crippen molar-refractivity contribution in [2.24, 2.45) is 5.10 Å². The van der Waals surface area contributed by atoms with E-state index in [-0.39, 0.29) is 0 Å². The molecule has 240 valence electrons. The van der Waals surface area contributed by atoms with E-state index >= 15 is 0 Å². The number of ether oxygens (including phenoxy) is 6. The van der Waals surface area contributed by atoms with Gasteiger partial charge in [0.1, 0.15) is 19.0 Å². The van der Waals surface area contributed by atoms with E-state index in [1.165, 1.54) is 0 Å². The number of aromatic nitrogens is 2. The molecule has 0 atom stereocenters. The highest BCUT2D eigenvalue weighted by Gasteiger charge is 2.19. The number of hydrogen-bond donors (Lipinski definition) is 1. The second-order valence-corrected chi connectivity index (χ2v) is 10.3. The van der Waals surface area contributed by atoms with Crippen LogP contribution in [0.15, 0.2) is 60.2 Å². The van der Waals surface area contributed by atoms with Crippen molar-refractivity contribution in [1.82, 2.24) is 9.97 Å². The standard InChI is InChI=1S/C33H42N6O6/c1-4-6-25-7-9-27(29(21-25)40-3)44-19-20-45-28-10-8-26(22-30(28)43-5-2)24-34-37-31-23-32(38-11-15-41-16-12-38)36-33(35-31)39-13-17-42-18-14-39/h4,7-10,21-24H,1,5-6,11-20H2,2-3H3,(H,35,36,37)/b34-24+. The number of morpholine rings is 2. The largest absolute Gasteiger partial charge is 0.493 e. The van der Waals surface area contributed by atoms with Gasteiger partial charge in [-0.1, -0.05) is 12.1 Å². The van der Waals surface area contributed by atoms with E-state index in [1.807, 2.05) is 55.5 Å². The van der Waals surface area contributed by atoms with E-state index in [2.05, 4.69) is 26.9 Å². The average molecular weight is 619 g/mol. The minimum Gasteiger partial charge on any atom is -0.493 e. The van der Waals surface area contributed by atoms with E-state index in [1.54, 1.807) is 13.3 Å². The highest BCUT2D eigenvalue weighted by atomic mass is 16.6. The summed E-state index contributed by atoms with van der Waals surface area (Å²) in [4.78, 5) is 13.9. The van der Waals surface area contributed by atoms with E-state index in [0.717, 1.165) is 49.5 Å². The minimum atomic E-state index is 0.331. The SMILES string of the molecule is C=CCc1ccc(OCCOc2ccc(/C=N/Nc3cc(N4CCOCC4)nc(N4CCOCC4)n3)cc2OCC)c(OC)c1. The number of benzene rings is 2. The highest BCUT2D eigenvalue weighted by molar-refractivity contribution is 5.81. The van der Waals surface area contributed by atoms with E-state index in [9.17, 15) is 0 Å². The Morgan fingerprint density at radius 1 is 0.844 bits per heavy atom. The maximum absolute atomic E-state index is 6.01. The van der Waals surface area contributed by atoms with Crippen molar-refractivity contribution in [3.05, 3.63) is 66.2 Å². The van der Waals surface area contributed by atoms with Crippen molar-refractivity contribution in [2.45, 2.75) is 13.3 Å². The molecule has 0 aliphatic carbocycles. The van der Waals surface area contributed by atoms with Crippen LogP contribution in [0.2, 0.25) is 0 Å². The Bertz CT molecular complexity index is 1390. The number of anilines is 3. The van der Waals surface area contributed by atoms with Gasteiger partial charge in [0.05, 0.1) is 46.4 Å². The number of nitrogens with one attached hydrogen (secondary N) is 1. The molecule has 45 heavy (non-hydrogen) atoms. The van der Waals surface area contributed by atoms with Gasteiger partial charge in [-0.05, 0) is 54.8 Å². The third kappa shape index (κ3) is 8.99. The van der Waals surface area contributed by atoms with Gasteiger partial charge in [-0.2, -0.15) is 15.1 Å². The fraction of sp³-hybridized carbons (Fsp3) is 0.424. The molecule has 12 heteroatoms. The normalized spacial score (nSPS) is 15.2. The first-order chi connectivity index (χ1) is 22.2. The van der Waals surface area contributed by atoms with Crippen molar-refractivity contribution in [2.75, 3.05) is 94.8 Å². The zero-order valence-electron chi connectivity index (χ0n) is 26.1. The lowest BCUT2D eigenvalue weighted by Crippen LogP contribution is -2.39. The van der Waals surface area contributed by atoms with Crippen LogP contribution in [0.4, 0.5) is 17.6 Å². The van der Waals surface area contributed by atoms with Gasteiger partial charge >= 0.3 is 0 Å². The molecule has 0 bridgehead atoms. The smallest absolute Gasteiger partial charge is 0.229 e. The van der Waals surface area contributed by atoms with Gasteiger partial charge in [-0.15, -0.1) is 6.58 Å². The van der Waals surface area contributed by atoms with Crippen LogP contribution in [0, 0.1) is 0 Å². The molecule has 0 unspecified atom stereocenters. The highest BCUT2D eigenvalue weighted by Crippen LogP contribution is 2.30. The van der Waals surface area contributed by atoms with Crippen molar-refractivity contribution in [3.63, 3.8) is 0 Å². The van der Waals surface area contributed by atoms with Crippen molar-refractivity contribution < 1.29 is 28.4 Å². The Kier molecular flexibility index (Phi) is 11.7. The van der Waals surface area contributed by atoms with Crippen molar-refractivity contribution >= 4 is 23.8 Å². The van der Waals surface area contributed by atoms with Gasteiger partial charge in [-0.3, -0.25) is 5.43 Å². The molecule has 1 N–H and O–H groups in total. The maximum Gasteiger partial charge on any atom is 0.229 e. The third-order valence-corrected chi connectivity index (χ3v) is 7.20. The van der Waals surface area contributed by atoms with Crippen molar-refractivity contribution in [3.8, 4) is 23.0 Å². The van der Waals surface area contributed by atoms with Crippen LogP contribution in [-0.4, -0.2) is 95.7 Å². The molecule has 2 fully saturated rings. The summed E-state index contributed by atoms with van der Waals surface area (Å²) in [7, 11) is 1.63. The molecule has 2 saturated heterocycles. The Morgan fingerprint density at radius 2 is 1.53 bits per heavy atom. The summed E-state index contributed by atoms with van der Waals surface area (Å²) < 4.78 is 34.3. The fourth-order valence-electron chi connectivity index (χ4n) is 4.93. The molecular weight excluding hydrogens is 576 g/mol. The number of rotatable bonds is 15. The summed E-state index contributed by atoms with van der Waals surface area (Å²) >= 11 is 0. The molecule has 12 nitrogen and oxygen atoms in total. The van der Waals surface area contributed by atoms with Crippen LogP contribution in [0.5, 0.6) is 23.0 Å². The summed E-state index contributed by atoms with van der Waals surface area (Å²) in [6, 6.07) is 13.5. The average Bonchev–Trinajstić information content (AvgIpc) is 3.09. The molecule has 2 aliphatic heterocycles. The molecule has 0 amide bonds. The van der Waals surface area contributed by atoms with Crippen molar-refractivity contribution in [1.29, 1.82) is 0 Å². The second kappa shape index (κ2) is 16.5. The quantitative estimate of drug-likeness (QED) is 0.115. The lowest BCUT2D eigenvalue weighted by molar-refractivity contribution is 0.121. The molecular formula is C33H42N6O6. The predicted octanol–water partition coefficient (Wildman–Crippen LogP) is 4.19. The Hall–Kier alpha value is -4.55. The lowest BCUT2D eigenvalue weighted by Gasteiger charge is -2.31. The lowest BCUT2D eigenvalue weighted by atomic mass is 10.1. The van der Waals surface area contributed by atoms with Crippen LogP contribution in [0.25, 0.3) is 0 Å². The summed E-state index contributed by atoms with van der Waals surface area (Å²) in [5, 5.41) is 4.47. The topological polar surface area (TPSA) is 112 Å². The van der Waals surface area contributed by atoms with Gasteiger partial charge in [0.2, 0.25) is 5.95 Å². The first-order valence-electron chi connectivity index (χ1n) is 15.3. The number of allylic oxidation sites excluding steroid dienone is 1. The molecule has 1 aromatic heterocycles. The molecule has 5 rings (SSSR count). The number of nitrogens with zero attached hydrogens (tertiary/aromatic N) is 5. The van der Waals surface area contributed by atoms with Crippen LogP contribution in [0.1, 0.15) is 18.1 Å². The van der Waals surface area contributed by atoms with Crippen LogP contribution in [0.3, 0.4) is 0 Å². The Balaban J connectivity index is 1.21. The summed E-state index contributed by atoms with van der Waals surface area (Å²) in [5.41, 5.74) is 5.05. The molecule has 2 aliphatic rings. The predicted molar refractivity (Wildman–Crippen MR) is 175 cm³/mol. The molecule has 2 aromatic carbocycles. The molecule has 3 aromatic rings. The summed E-state index contributed by atoms with van der Waals surface area (Å²) in [6.45, 7) is 12.6. The zero-order chi connectivity index (χ0) is 31.3. The third-order valence-electron chi connectivity index (χ3n) is 7.20. The van der Waals surface area contributed by atoms with Gasteiger partial charge in [-0.25, -0.2) is 0 Å². The van der Waals surface area contributed by atoms with E-state index < -0.39 is 0 Å². The zero-order valence-corrected chi connectivity index (χ0v) is 26.1. The molecule has 0 spiro atoms. The molecule has 3 heterocycles. The van der Waals surface area contributed by atoms with Crippen LogP contribution >= 0.6 is 0 Å². The van der Waals surface area contributed by atoms with Gasteiger partial charge in [0, 0.05) is 32.2 Å². The fourth-order valence-corrected chi connectivity index (χ4v) is 4.93. The Morgan fingerprint density at radius 3 is 2.22 bits per heavy atom. The monoisotopic (exact) mass is 618 g/mol. The first-order valence-corrected chi connectivity index (χ1v) is 15.3. The van der Waals surface area contributed by atoms with Crippen LogP contribution < -0.4 is 34.2 Å². The van der Waals surface area contributed by atoms with Gasteiger partial charge < -0.3 is 38.2 Å². The number of methoxy groups -OCH3 is 1. The van der Waals surface area contributed by atoms with E-state index in [4.69, 9.17) is 38.4 Å². The summed E-state index contributed by atoms with van der Waals surface area (Å²) in [5.74, 6) is 4.71. The van der Waals surface area contributed by atoms with Crippen LogP contribution in [-0.2, 0) is 15.9 Å². The first kappa shape index (κ1) is 31.9. The maximum atomic E-state index is 6.01. The summed E-state index contributed by atoms with van der Waals surface area (Å²) in [6.07, 6.45) is 4.35. The number of hydrogen-bond acceptors (Lipinski definition) is 12. The van der Waals surface area contributed by atoms with Gasteiger partial charge in [0.25, 0.3) is 0 Å². The number of hydrazone groups is 1.